The van der Waals surface area contributed by atoms with Crippen LogP contribution >= 0.6 is 0 Å². The predicted molar refractivity (Wildman–Crippen MR) is 102 cm³/mol. The minimum absolute atomic E-state index is 0.00805. The molecule has 1 atom stereocenters. The molecule has 1 heterocycles. The number of ether oxygens (including phenoxy) is 2. The van der Waals surface area contributed by atoms with Gasteiger partial charge in [0.25, 0.3) is 0 Å². The summed E-state index contributed by atoms with van der Waals surface area (Å²) in [5.41, 5.74) is 7.29. The molecule has 2 rings (SSSR count). The van der Waals surface area contributed by atoms with Gasteiger partial charge in [0.1, 0.15) is 11.9 Å². The van der Waals surface area contributed by atoms with E-state index in [0.717, 1.165) is 29.9 Å². The van der Waals surface area contributed by atoms with Crippen molar-refractivity contribution in [2.75, 3.05) is 13.7 Å². The molecular weight excluding hydrogens is 312 g/mol. The maximum absolute atomic E-state index is 6.10. The number of benzene rings is 1. The molecule has 25 heavy (non-hydrogen) atoms. The Morgan fingerprint density at radius 2 is 1.64 bits per heavy atom. The van der Waals surface area contributed by atoms with Gasteiger partial charge in [-0.05, 0) is 57.7 Å². The molecule has 1 unspecified atom stereocenters. The van der Waals surface area contributed by atoms with E-state index in [0.29, 0.717) is 12.5 Å². The van der Waals surface area contributed by atoms with Crippen LogP contribution in [0.4, 0.5) is 0 Å². The van der Waals surface area contributed by atoms with Crippen LogP contribution in [0.5, 0.6) is 5.88 Å². The van der Waals surface area contributed by atoms with Gasteiger partial charge in [0.2, 0.25) is 5.88 Å². The second kappa shape index (κ2) is 8.43. The van der Waals surface area contributed by atoms with Gasteiger partial charge in [-0.25, -0.2) is 4.98 Å². The first-order chi connectivity index (χ1) is 11.8. The second-order valence-corrected chi connectivity index (χ2v) is 6.81. The van der Waals surface area contributed by atoms with Gasteiger partial charge in [-0.3, -0.25) is 0 Å². The Morgan fingerprint density at radius 1 is 1.00 bits per heavy atom. The summed E-state index contributed by atoms with van der Waals surface area (Å²) in [5.74, 6) is 1.42. The van der Waals surface area contributed by atoms with Crippen LogP contribution in [0.15, 0.2) is 12.1 Å². The van der Waals surface area contributed by atoms with Gasteiger partial charge in [-0.15, -0.1) is 0 Å². The molecule has 1 aromatic heterocycles. The standard InChI is InChI=1S/C21H30N2O2/c1-8-18(12-24-7)25-21-16(5)20(22-17(6)23-21)11-19-14(3)9-13(2)10-15(19)4/h9-10,18H,8,11-12H2,1-7H3. The average molecular weight is 342 g/mol. The molecule has 0 saturated carbocycles. The van der Waals surface area contributed by atoms with E-state index >= 15 is 0 Å². The fraction of sp³-hybridized carbons (Fsp3) is 0.524. The number of hydrogen-bond acceptors (Lipinski definition) is 4. The SMILES string of the molecule is CCC(COC)Oc1nc(C)nc(Cc2c(C)cc(C)cc2C)c1C. The lowest BCUT2D eigenvalue weighted by molar-refractivity contribution is 0.0748. The molecule has 0 spiro atoms. The van der Waals surface area contributed by atoms with Crippen LogP contribution in [0, 0.1) is 34.6 Å². The smallest absolute Gasteiger partial charge is 0.220 e. The summed E-state index contributed by atoms with van der Waals surface area (Å²) in [5, 5.41) is 0. The molecule has 0 aliphatic rings. The minimum atomic E-state index is 0.00805. The highest BCUT2D eigenvalue weighted by Gasteiger charge is 2.16. The fourth-order valence-electron chi connectivity index (χ4n) is 3.18. The van der Waals surface area contributed by atoms with Crippen molar-refractivity contribution < 1.29 is 9.47 Å². The van der Waals surface area contributed by atoms with Gasteiger partial charge in [-0.2, -0.15) is 4.98 Å². The molecule has 0 aliphatic carbocycles. The van der Waals surface area contributed by atoms with Crippen molar-refractivity contribution in [3.8, 4) is 5.88 Å². The van der Waals surface area contributed by atoms with E-state index < -0.39 is 0 Å². The third kappa shape index (κ3) is 4.79. The fourth-order valence-corrected chi connectivity index (χ4v) is 3.18. The Morgan fingerprint density at radius 3 is 2.20 bits per heavy atom. The number of nitrogens with zero attached hydrogens (tertiary/aromatic N) is 2. The van der Waals surface area contributed by atoms with Crippen molar-refractivity contribution in [2.45, 2.75) is 60.5 Å². The zero-order chi connectivity index (χ0) is 18.6. The molecule has 136 valence electrons. The molecule has 0 N–H and O–H groups in total. The number of methoxy groups -OCH3 is 1. The highest BCUT2D eigenvalue weighted by Crippen LogP contribution is 2.25. The Bertz CT molecular complexity index is 718. The van der Waals surface area contributed by atoms with Gasteiger partial charge in [0, 0.05) is 19.1 Å². The van der Waals surface area contributed by atoms with Gasteiger partial charge in [-0.1, -0.05) is 24.6 Å². The summed E-state index contributed by atoms with van der Waals surface area (Å²) in [6, 6.07) is 4.46. The lowest BCUT2D eigenvalue weighted by Crippen LogP contribution is -2.23. The predicted octanol–water partition coefficient (Wildman–Crippen LogP) is 4.41. The summed E-state index contributed by atoms with van der Waals surface area (Å²) in [7, 11) is 1.69. The first-order valence-corrected chi connectivity index (χ1v) is 8.92. The number of aromatic nitrogens is 2. The molecule has 0 bridgehead atoms. The Labute approximate surface area is 151 Å². The van der Waals surface area contributed by atoms with Crippen molar-refractivity contribution in [3.05, 3.63) is 51.5 Å². The molecule has 4 heteroatoms. The molecule has 0 saturated heterocycles. The van der Waals surface area contributed by atoms with Gasteiger partial charge in [0.15, 0.2) is 0 Å². The second-order valence-electron chi connectivity index (χ2n) is 6.81. The van der Waals surface area contributed by atoms with Crippen LogP contribution in [0.25, 0.3) is 0 Å². The summed E-state index contributed by atoms with van der Waals surface area (Å²) < 4.78 is 11.3. The zero-order valence-electron chi connectivity index (χ0n) is 16.6. The Balaban J connectivity index is 2.36. The number of aryl methyl sites for hydroxylation is 4. The lowest BCUT2D eigenvalue weighted by atomic mass is 9.95. The molecule has 0 radical (unpaired) electrons. The van der Waals surface area contributed by atoms with E-state index in [-0.39, 0.29) is 6.10 Å². The molecular formula is C21H30N2O2. The van der Waals surface area contributed by atoms with E-state index in [1.54, 1.807) is 7.11 Å². The minimum Gasteiger partial charge on any atom is -0.472 e. The number of rotatable bonds is 7. The Kier molecular flexibility index (Phi) is 6.54. The molecule has 0 aliphatic heterocycles. The highest BCUT2D eigenvalue weighted by atomic mass is 16.5. The van der Waals surface area contributed by atoms with E-state index in [1.807, 2.05) is 13.8 Å². The van der Waals surface area contributed by atoms with E-state index in [1.165, 1.54) is 22.3 Å². The van der Waals surface area contributed by atoms with E-state index in [9.17, 15) is 0 Å². The van der Waals surface area contributed by atoms with Crippen LogP contribution in [-0.4, -0.2) is 29.8 Å². The van der Waals surface area contributed by atoms with Crippen molar-refractivity contribution in [2.24, 2.45) is 0 Å². The van der Waals surface area contributed by atoms with Crippen molar-refractivity contribution in [1.82, 2.24) is 9.97 Å². The molecule has 4 nitrogen and oxygen atoms in total. The maximum Gasteiger partial charge on any atom is 0.220 e. The topological polar surface area (TPSA) is 44.2 Å². The summed E-state index contributed by atoms with van der Waals surface area (Å²) >= 11 is 0. The summed E-state index contributed by atoms with van der Waals surface area (Å²) in [6.07, 6.45) is 1.68. The van der Waals surface area contributed by atoms with E-state index in [4.69, 9.17) is 14.5 Å². The molecule has 1 aromatic carbocycles. The molecule has 0 fully saturated rings. The third-order valence-electron chi connectivity index (χ3n) is 4.58. The normalized spacial score (nSPS) is 12.3. The van der Waals surface area contributed by atoms with Crippen molar-refractivity contribution >= 4 is 0 Å². The quantitative estimate of drug-likeness (QED) is 0.747. The number of hydrogen-bond donors (Lipinski definition) is 0. The lowest BCUT2D eigenvalue weighted by Gasteiger charge is -2.19. The van der Waals surface area contributed by atoms with Crippen LogP contribution < -0.4 is 4.74 Å². The highest BCUT2D eigenvalue weighted by molar-refractivity contribution is 5.42. The monoisotopic (exact) mass is 342 g/mol. The largest absolute Gasteiger partial charge is 0.472 e. The van der Waals surface area contributed by atoms with Crippen LogP contribution in [-0.2, 0) is 11.2 Å². The van der Waals surface area contributed by atoms with Gasteiger partial charge >= 0.3 is 0 Å². The third-order valence-corrected chi connectivity index (χ3v) is 4.58. The van der Waals surface area contributed by atoms with Gasteiger partial charge in [0.05, 0.1) is 12.3 Å². The van der Waals surface area contributed by atoms with Crippen molar-refractivity contribution in [1.29, 1.82) is 0 Å². The van der Waals surface area contributed by atoms with Crippen LogP contribution in [0.1, 0.15) is 52.7 Å². The molecule has 0 amide bonds. The first kappa shape index (κ1) is 19.4. The summed E-state index contributed by atoms with van der Waals surface area (Å²) in [6.45, 7) is 13.1. The first-order valence-electron chi connectivity index (χ1n) is 8.92. The van der Waals surface area contributed by atoms with Gasteiger partial charge < -0.3 is 9.47 Å². The van der Waals surface area contributed by atoms with Crippen molar-refractivity contribution in [3.63, 3.8) is 0 Å². The molecule has 2 aromatic rings. The van der Waals surface area contributed by atoms with E-state index in [2.05, 4.69) is 44.8 Å². The van der Waals surface area contributed by atoms with Crippen LogP contribution in [0.3, 0.4) is 0 Å². The zero-order valence-corrected chi connectivity index (χ0v) is 16.6. The van der Waals surface area contributed by atoms with Crippen LogP contribution in [0.2, 0.25) is 0 Å². The maximum atomic E-state index is 6.10. The Hall–Kier alpha value is -1.94. The average Bonchev–Trinajstić information content (AvgIpc) is 2.54. The summed E-state index contributed by atoms with van der Waals surface area (Å²) in [4.78, 5) is 9.21.